The third-order valence-corrected chi connectivity index (χ3v) is 2.87. The summed E-state index contributed by atoms with van der Waals surface area (Å²) in [6.07, 6.45) is 0. The van der Waals surface area contributed by atoms with Gasteiger partial charge in [-0.3, -0.25) is 9.58 Å². The molecule has 1 aromatic heterocycles. The standard InChI is InChI=1S/C12H23N5O/c1-5-17-11(6-10(4)14-17)7-16(9(2)3)8-12(13)15-18/h6,9,18H,5,7-8H2,1-4H3,(H2,13,15). The second kappa shape index (κ2) is 6.39. The number of rotatable bonds is 6. The summed E-state index contributed by atoms with van der Waals surface area (Å²) in [7, 11) is 0. The molecule has 6 heteroatoms. The smallest absolute Gasteiger partial charge is 0.153 e. The number of nitrogens with zero attached hydrogens (tertiary/aromatic N) is 4. The first-order valence-electron chi connectivity index (χ1n) is 6.21. The average molecular weight is 253 g/mol. The quantitative estimate of drug-likeness (QED) is 0.345. The Hall–Kier alpha value is -1.56. The molecule has 0 unspecified atom stereocenters. The molecule has 3 N–H and O–H groups in total. The van der Waals surface area contributed by atoms with E-state index in [2.05, 4.69) is 42.0 Å². The summed E-state index contributed by atoms with van der Waals surface area (Å²) in [5, 5.41) is 16.1. The van der Waals surface area contributed by atoms with Crippen LogP contribution in [0, 0.1) is 6.92 Å². The predicted octanol–water partition coefficient (Wildman–Crippen LogP) is 1.17. The topological polar surface area (TPSA) is 79.7 Å². The summed E-state index contributed by atoms with van der Waals surface area (Å²) < 4.78 is 1.98. The van der Waals surface area contributed by atoms with E-state index in [4.69, 9.17) is 10.9 Å². The number of aryl methyl sites for hydroxylation is 2. The van der Waals surface area contributed by atoms with Crippen molar-refractivity contribution in [3.8, 4) is 0 Å². The van der Waals surface area contributed by atoms with Crippen LogP contribution in [-0.4, -0.2) is 38.3 Å². The molecule has 0 radical (unpaired) electrons. The van der Waals surface area contributed by atoms with Gasteiger partial charge in [-0.05, 0) is 33.8 Å². The molecular weight excluding hydrogens is 230 g/mol. The molecule has 0 amide bonds. The van der Waals surface area contributed by atoms with Crippen molar-refractivity contribution >= 4 is 5.84 Å². The first-order valence-corrected chi connectivity index (χ1v) is 6.21. The van der Waals surface area contributed by atoms with E-state index in [-0.39, 0.29) is 5.84 Å². The molecule has 6 nitrogen and oxygen atoms in total. The molecule has 0 aromatic carbocycles. The van der Waals surface area contributed by atoms with Crippen LogP contribution < -0.4 is 5.73 Å². The van der Waals surface area contributed by atoms with Gasteiger partial charge in [-0.25, -0.2) is 0 Å². The van der Waals surface area contributed by atoms with Crippen LogP contribution in [0.25, 0.3) is 0 Å². The van der Waals surface area contributed by atoms with Crippen LogP contribution in [0.15, 0.2) is 11.2 Å². The second-order valence-electron chi connectivity index (χ2n) is 4.68. The Labute approximate surface area is 108 Å². The highest BCUT2D eigenvalue weighted by molar-refractivity contribution is 5.81. The number of amidine groups is 1. The minimum Gasteiger partial charge on any atom is -0.409 e. The van der Waals surface area contributed by atoms with Gasteiger partial charge in [-0.1, -0.05) is 5.16 Å². The summed E-state index contributed by atoms with van der Waals surface area (Å²) >= 11 is 0. The molecule has 102 valence electrons. The van der Waals surface area contributed by atoms with Crippen molar-refractivity contribution in [3.63, 3.8) is 0 Å². The average Bonchev–Trinajstić information content (AvgIpc) is 2.68. The Balaban J connectivity index is 2.82. The van der Waals surface area contributed by atoms with Crippen molar-refractivity contribution in [2.75, 3.05) is 6.54 Å². The molecule has 1 aromatic rings. The van der Waals surface area contributed by atoms with Crippen LogP contribution >= 0.6 is 0 Å². The Bertz CT molecular complexity index is 411. The number of hydrogen-bond acceptors (Lipinski definition) is 4. The Kier molecular flexibility index (Phi) is 5.15. The summed E-state index contributed by atoms with van der Waals surface area (Å²) in [6, 6.07) is 2.39. The largest absolute Gasteiger partial charge is 0.409 e. The predicted molar refractivity (Wildman–Crippen MR) is 71.6 cm³/mol. The highest BCUT2D eigenvalue weighted by Crippen LogP contribution is 2.10. The van der Waals surface area contributed by atoms with E-state index in [1.807, 2.05) is 11.6 Å². The van der Waals surface area contributed by atoms with E-state index < -0.39 is 0 Å². The van der Waals surface area contributed by atoms with Gasteiger partial charge in [0.2, 0.25) is 0 Å². The van der Waals surface area contributed by atoms with E-state index in [1.165, 1.54) is 0 Å². The second-order valence-corrected chi connectivity index (χ2v) is 4.68. The van der Waals surface area contributed by atoms with Crippen molar-refractivity contribution in [1.82, 2.24) is 14.7 Å². The van der Waals surface area contributed by atoms with Crippen LogP contribution in [0.4, 0.5) is 0 Å². The molecule has 18 heavy (non-hydrogen) atoms. The maximum absolute atomic E-state index is 8.66. The van der Waals surface area contributed by atoms with Gasteiger partial charge >= 0.3 is 0 Å². The van der Waals surface area contributed by atoms with Gasteiger partial charge in [0.1, 0.15) is 0 Å². The molecule has 0 bridgehead atoms. The van der Waals surface area contributed by atoms with Crippen LogP contribution in [0.1, 0.15) is 32.2 Å². The van der Waals surface area contributed by atoms with Gasteiger partial charge in [0.25, 0.3) is 0 Å². The van der Waals surface area contributed by atoms with Gasteiger partial charge in [0.15, 0.2) is 5.84 Å². The maximum atomic E-state index is 8.66. The molecule has 0 spiro atoms. The Morgan fingerprint density at radius 1 is 1.61 bits per heavy atom. The fourth-order valence-corrected chi connectivity index (χ4v) is 1.87. The number of oxime groups is 1. The highest BCUT2D eigenvalue weighted by atomic mass is 16.4. The number of nitrogens with two attached hydrogens (primary N) is 1. The van der Waals surface area contributed by atoms with E-state index in [9.17, 15) is 0 Å². The summed E-state index contributed by atoms with van der Waals surface area (Å²) in [5.41, 5.74) is 7.74. The van der Waals surface area contributed by atoms with Crippen molar-refractivity contribution < 1.29 is 5.21 Å². The lowest BCUT2D eigenvalue weighted by molar-refractivity contribution is 0.232. The van der Waals surface area contributed by atoms with Crippen LogP contribution in [0.5, 0.6) is 0 Å². The normalized spacial score (nSPS) is 12.7. The first kappa shape index (κ1) is 14.5. The molecule has 0 atom stereocenters. The van der Waals surface area contributed by atoms with Crippen LogP contribution in [-0.2, 0) is 13.1 Å². The van der Waals surface area contributed by atoms with Gasteiger partial charge in [0.05, 0.1) is 17.9 Å². The first-order chi connectivity index (χ1) is 8.47. The minimum absolute atomic E-state index is 0.225. The third-order valence-electron chi connectivity index (χ3n) is 2.87. The molecule has 0 saturated carbocycles. The van der Waals surface area contributed by atoms with Crippen LogP contribution in [0.2, 0.25) is 0 Å². The SMILES string of the molecule is CCn1nc(C)cc1CN(CC(N)=NO)C(C)C. The lowest BCUT2D eigenvalue weighted by Crippen LogP contribution is -2.38. The molecule has 0 fully saturated rings. The van der Waals surface area contributed by atoms with Crippen molar-refractivity contribution in [3.05, 3.63) is 17.5 Å². The van der Waals surface area contributed by atoms with Gasteiger partial charge in [-0.15, -0.1) is 0 Å². The van der Waals surface area contributed by atoms with Crippen molar-refractivity contribution in [2.45, 2.75) is 46.8 Å². The molecule has 0 aliphatic carbocycles. The van der Waals surface area contributed by atoms with E-state index in [0.29, 0.717) is 12.6 Å². The zero-order valence-electron chi connectivity index (χ0n) is 11.6. The fraction of sp³-hybridized carbons (Fsp3) is 0.667. The molecular formula is C12H23N5O. The van der Waals surface area contributed by atoms with E-state index in [1.54, 1.807) is 0 Å². The molecule has 0 aliphatic rings. The minimum atomic E-state index is 0.225. The monoisotopic (exact) mass is 253 g/mol. The molecule has 1 rings (SSSR count). The molecule has 0 aliphatic heterocycles. The van der Waals surface area contributed by atoms with Crippen LogP contribution in [0.3, 0.4) is 0 Å². The number of aromatic nitrogens is 2. The van der Waals surface area contributed by atoms with Gasteiger partial charge in [-0.2, -0.15) is 5.10 Å². The van der Waals surface area contributed by atoms with Gasteiger partial charge < -0.3 is 10.9 Å². The highest BCUT2D eigenvalue weighted by Gasteiger charge is 2.15. The van der Waals surface area contributed by atoms with Crippen molar-refractivity contribution in [2.24, 2.45) is 10.9 Å². The summed E-state index contributed by atoms with van der Waals surface area (Å²) in [5.74, 6) is 0.225. The van der Waals surface area contributed by atoms with E-state index in [0.717, 1.165) is 24.5 Å². The lowest BCUT2D eigenvalue weighted by Gasteiger charge is -2.25. The van der Waals surface area contributed by atoms with E-state index >= 15 is 0 Å². The lowest BCUT2D eigenvalue weighted by atomic mass is 10.2. The number of hydrogen-bond donors (Lipinski definition) is 2. The zero-order chi connectivity index (χ0) is 13.7. The Morgan fingerprint density at radius 2 is 2.28 bits per heavy atom. The Morgan fingerprint density at radius 3 is 2.78 bits per heavy atom. The van der Waals surface area contributed by atoms with Crippen molar-refractivity contribution in [1.29, 1.82) is 0 Å². The third kappa shape index (κ3) is 3.73. The maximum Gasteiger partial charge on any atom is 0.153 e. The molecule has 0 saturated heterocycles. The molecule has 1 heterocycles. The fourth-order valence-electron chi connectivity index (χ4n) is 1.87. The van der Waals surface area contributed by atoms with Gasteiger partial charge in [0, 0.05) is 19.1 Å². The summed E-state index contributed by atoms with van der Waals surface area (Å²) in [4.78, 5) is 2.14. The summed E-state index contributed by atoms with van der Waals surface area (Å²) in [6.45, 7) is 10.3. The zero-order valence-corrected chi connectivity index (χ0v) is 11.6.